The molecule has 0 atom stereocenters. The van der Waals surface area contributed by atoms with Crippen molar-refractivity contribution < 1.29 is 14.6 Å². The highest BCUT2D eigenvalue weighted by Gasteiger charge is 2.16. The Kier molecular flexibility index (Phi) is 5.74. The van der Waals surface area contributed by atoms with Gasteiger partial charge in [0.25, 0.3) is 0 Å². The van der Waals surface area contributed by atoms with Crippen molar-refractivity contribution in [2.45, 2.75) is 0 Å². The fourth-order valence-corrected chi connectivity index (χ4v) is 2.50. The number of phenols is 1. The third-order valence-corrected chi connectivity index (χ3v) is 3.87. The lowest BCUT2D eigenvalue weighted by molar-refractivity contribution is 0.106. The molecule has 0 unspecified atom stereocenters. The van der Waals surface area contributed by atoms with E-state index in [2.05, 4.69) is 10.2 Å². The number of hydrogen-bond donors (Lipinski definition) is 1. The molecule has 0 saturated carbocycles. The number of Topliss-reactive ketones (excluding diaryl/α,β-unsaturated/α-hetero) is 1. The Bertz CT molecular complexity index is 981. The van der Waals surface area contributed by atoms with Crippen molar-refractivity contribution in [3.63, 3.8) is 0 Å². The van der Waals surface area contributed by atoms with E-state index in [1.165, 1.54) is 19.4 Å². The smallest absolute Gasteiger partial charge is 0.213 e. The molecule has 0 saturated heterocycles. The lowest BCUT2D eigenvalue weighted by Crippen LogP contribution is -2.15. The maximum Gasteiger partial charge on any atom is 0.213 e. The predicted molar refractivity (Wildman–Crippen MR) is 106 cm³/mol. The van der Waals surface area contributed by atoms with Gasteiger partial charge in [0.1, 0.15) is 5.71 Å². The number of carbonyl (C=O) groups is 1. The number of aromatic hydroxyl groups is 1. The van der Waals surface area contributed by atoms with Crippen LogP contribution in [0.2, 0.25) is 0 Å². The molecule has 0 spiro atoms. The molecule has 5 heteroatoms. The molecule has 27 heavy (non-hydrogen) atoms. The van der Waals surface area contributed by atoms with Gasteiger partial charge in [-0.25, -0.2) is 0 Å². The molecule has 0 aliphatic rings. The van der Waals surface area contributed by atoms with Gasteiger partial charge in [0.2, 0.25) is 5.78 Å². The minimum Gasteiger partial charge on any atom is -0.504 e. The molecular formula is C22H18N2O3. The Morgan fingerprint density at radius 2 is 1.56 bits per heavy atom. The fourth-order valence-electron chi connectivity index (χ4n) is 2.50. The Morgan fingerprint density at radius 3 is 2.15 bits per heavy atom. The average molecular weight is 358 g/mol. The van der Waals surface area contributed by atoms with Crippen molar-refractivity contribution in [2.75, 3.05) is 7.11 Å². The van der Waals surface area contributed by atoms with Gasteiger partial charge >= 0.3 is 0 Å². The van der Waals surface area contributed by atoms with E-state index in [1.54, 1.807) is 36.4 Å². The van der Waals surface area contributed by atoms with E-state index in [0.29, 0.717) is 22.4 Å². The molecule has 0 bridgehead atoms. The van der Waals surface area contributed by atoms with Crippen molar-refractivity contribution in [3.8, 4) is 11.5 Å². The molecule has 1 N–H and O–H groups in total. The lowest BCUT2D eigenvalue weighted by Gasteiger charge is -2.05. The fraction of sp³-hybridized carbons (Fsp3) is 0.0455. The third-order valence-electron chi connectivity index (χ3n) is 3.87. The summed E-state index contributed by atoms with van der Waals surface area (Å²) in [4.78, 5) is 12.9. The first-order valence-corrected chi connectivity index (χ1v) is 8.32. The monoisotopic (exact) mass is 358 g/mol. The Hall–Kier alpha value is -3.73. The summed E-state index contributed by atoms with van der Waals surface area (Å²) in [5.41, 5.74) is 2.10. The van der Waals surface area contributed by atoms with Gasteiger partial charge in [0, 0.05) is 11.1 Å². The molecule has 0 radical (unpaired) electrons. The van der Waals surface area contributed by atoms with Gasteiger partial charge in [-0.2, -0.15) is 5.10 Å². The first-order valence-electron chi connectivity index (χ1n) is 8.32. The molecule has 0 aliphatic carbocycles. The van der Waals surface area contributed by atoms with Crippen LogP contribution in [0.1, 0.15) is 21.5 Å². The Balaban J connectivity index is 1.93. The standard InChI is InChI=1S/C22H18N2O3/c1-27-20-13-12-16(14-19(20)25)15-23-24-21(17-8-4-2-5-9-17)22(26)18-10-6-3-7-11-18/h2-15,25H,1H3/b23-15+,24-21-. The van der Waals surface area contributed by atoms with Gasteiger partial charge < -0.3 is 9.84 Å². The Morgan fingerprint density at radius 1 is 0.926 bits per heavy atom. The third kappa shape index (κ3) is 4.46. The van der Waals surface area contributed by atoms with Crippen LogP contribution >= 0.6 is 0 Å². The van der Waals surface area contributed by atoms with Crippen LogP contribution in [-0.2, 0) is 0 Å². The second-order valence-corrected chi connectivity index (χ2v) is 5.69. The Labute approximate surface area is 157 Å². The van der Waals surface area contributed by atoms with Crippen molar-refractivity contribution in [2.24, 2.45) is 10.2 Å². The number of phenolic OH excluding ortho intramolecular Hbond substituents is 1. The first-order chi connectivity index (χ1) is 13.2. The summed E-state index contributed by atoms with van der Waals surface area (Å²) in [7, 11) is 1.48. The molecule has 0 aromatic heterocycles. The number of rotatable bonds is 6. The zero-order chi connectivity index (χ0) is 19.1. The van der Waals surface area contributed by atoms with Gasteiger partial charge in [0.05, 0.1) is 13.3 Å². The van der Waals surface area contributed by atoms with Crippen LogP contribution in [0.15, 0.2) is 89.1 Å². The number of nitrogens with zero attached hydrogens (tertiary/aromatic N) is 2. The maximum atomic E-state index is 12.9. The van der Waals surface area contributed by atoms with Crippen LogP contribution < -0.4 is 4.74 Å². The topological polar surface area (TPSA) is 71.2 Å². The molecule has 5 nitrogen and oxygen atoms in total. The van der Waals surface area contributed by atoms with Gasteiger partial charge in [-0.1, -0.05) is 60.7 Å². The normalized spacial score (nSPS) is 11.5. The van der Waals surface area contributed by atoms with Crippen molar-refractivity contribution in [1.29, 1.82) is 0 Å². The summed E-state index contributed by atoms with van der Waals surface area (Å²) in [6, 6.07) is 23.0. The van der Waals surface area contributed by atoms with E-state index >= 15 is 0 Å². The molecule has 134 valence electrons. The van der Waals surface area contributed by atoms with Crippen LogP contribution in [0.3, 0.4) is 0 Å². The summed E-state index contributed by atoms with van der Waals surface area (Å²) in [6.07, 6.45) is 1.47. The van der Waals surface area contributed by atoms with Crippen LogP contribution in [-0.4, -0.2) is 29.9 Å². The van der Waals surface area contributed by atoms with Gasteiger partial charge in [-0.05, 0) is 23.8 Å². The van der Waals surface area contributed by atoms with E-state index in [0.717, 1.165) is 0 Å². The highest BCUT2D eigenvalue weighted by molar-refractivity contribution is 6.51. The van der Waals surface area contributed by atoms with Crippen LogP contribution in [0.5, 0.6) is 11.5 Å². The number of benzene rings is 3. The molecule has 3 rings (SSSR count). The zero-order valence-corrected chi connectivity index (χ0v) is 14.7. The average Bonchev–Trinajstić information content (AvgIpc) is 2.72. The summed E-state index contributed by atoms with van der Waals surface area (Å²) in [6.45, 7) is 0. The zero-order valence-electron chi connectivity index (χ0n) is 14.7. The summed E-state index contributed by atoms with van der Waals surface area (Å²) in [5.74, 6) is 0.172. The van der Waals surface area contributed by atoms with Gasteiger partial charge in [-0.15, -0.1) is 5.10 Å². The van der Waals surface area contributed by atoms with Gasteiger partial charge in [-0.3, -0.25) is 4.79 Å². The van der Waals surface area contributed by atoms with E-state index in [9.17, 15) is 9.90 Å². The van der Waals surface area contributed by atoms with E-state index < -0.39 is 0 Å². The van der Waals surface area contributed by atoms with Crippen LogP contribution in [0.4, 0.5) is 0 Å². The van der Waals surface area contributed by atoms with Crippen molar-refractivity contribution in [3.05, 3.63) is 95.6 Å². The number of methoxy groups -OCH3 is 1. The minimum absolute atomic E-state index is 0.00840. The molecule has 3 aromatic carbocycles. The molecule has 0 fully saturated rings. The van der Waals surface area contributed by atoms with E-state index in [-0.39, 0.29) is 17.2 Å². The van der Waals surface area contributed by atoms with Crippen molar-refractivity contribution >= 4 is 17.7 Å². The minimum atomic E-state index is -0.212. The molecule has 0 amide bonds. The number of ether oxygens (including phenoxy) is 1. The summed E-state index contributed by atoms with van der Waals surface area (Å²) >= 11 is 0. The van der Waals surface area contributed by atoms with E-state index in [4.69, 9.17) is 4.74 Å². The lowest BCUT2D eigenvalue weighted by atomic mass is 10.0. The highest BCUT2D eigenvalue weighted by atomic mass is 16.5. The number of ketones is 1. The summed E-state index contributed by atoms with van der Waals surface area (Å²) in [5, 5.41) is 18.1. The molecule has 0 aliphatic heterocycles. The predicted octanol–water partition coefficient (Wildman–Crippen LogP) is 4.11. The maximum absolute atomic E-state index is 12.9. The largest absolute Gasteiger partial charge is 0.504 e. The van der Waals surface area contributed by atoms with Crippen LogP contribution in [0.25, 0.3) is 0 Å². The summed E-state index contributed by atoms with van der Waals surface area (Å²) < 4.78 is 5.01. The number of carbonyl (C=O) groups excluding carboxylic acids is 1. The SMILES string of the molecule is COc1ccc(/C=N/N=C(\C(=O)c2ccccc2)c2ccccc2)cc1O. The first kappa shape index (κ1) is 18.1. The second-order valence-electron chi connectivity index (χ2n) is 5.69. The second kappa shape index (κ2) is 8.58. The molecular weight excluding hydrogens is 340 g/mol. The molecule has 0 heterocycles. The van der Waals surface area contributed by atoms with Crippen molar-refractivity contribution in [1.82, 2.24) is 0 Å². The van der Waals surface area contributed by atoms with Crippen LogP contribution in [0, 0.1) is 0 Å². The van der Waals surface area contributed by atoms with Gasteiger partial charge in [0.15, 0.2) is 11.5 Å². The quantitative estimate of drug-likeness (QED) is 0.409. The number of hydrogen-bond acceptors (Lipinski definition) is 5. The highest BCUT2D eigenvalue weighted by Crippen LogP contribution is 2.25. The van der Waals surface area contributed by atoms with E-state index in [1.807, 2.05) is 36.4 Å². The molecule has 3 aromatic rings.